The summed E-state index contributed by atoms with van der Waals surface area (Å²) < 4.78 is 52.9. The number of hydrogen-bond acceptors (Lipinski definition) is 2. The molecule has 0 saturated carbocycles. The first-order chi connectivity index (χ1) is 9.28. The SMILES string of the molecule is CN(C(=O)C1(C(F)(F)F)CCNC1)c1cccc(F)c1. The van der Waals surface area contributed by atoms with Crippen molar-refractivity contribution in [1.82, 2.24) is 5.32 Å². The largest absolute Gasteiger partial charge is 0.404 e. The Morgan fingerprint density at radius 1 is 1.40 bits per heavy atom. The molecular weight excluding hydrogens is 276 g/mol. The molecular formula is C13H14F4N2O. The van der Waals surface area contributed by atoms with Crippen LogP contribution in [0.3, 0.4) is 0 Å². The summed E-state index contributed by atoms with van der Waals surface area (Å²) in [4.78, 5) is 13.1. The second kappa shape index (κ2) is 5.05. The fourth-order valence-corrected chi connectivity index (χ4v) is 2.36. The van der Waals surface area contributed by atoms with Gasteiger partial charge in [0.1, 0.15) is 5.82 Å². The molecule has 0 aromatic heterocycles. The van der Waals surface area contributed by atoms with Gasteiger partial charge in [0.2, 0.25) is 5.91 Å². The standard InChI is InChI=1S/C13H14F4N2O/c1-19(10-4-2-3-9(14)7-10)11(20)12(13(15,16)17)5-6-18-8-12/h2-4,7,18H,5-6,8H2,1H3. The van der Waals surface area contributed by atoms with Gasteiger partial charge in [-0.25, -0.2) is 4.39 Å². The van der Waals surface area contributed by atoms with Crippen molar-refractivity contribution < 1.29 is 22.4 Å². The molecule has 1 aromatic carbocycles. The Bertz CT molecular complexity index is 509. The highest BCUT2D eigenvalue weighted by Crippen LogP contribution is 2.44. The lowest BCUT2D eigenvalue weighted by atomic mass is 9.84. The molecule has 1 aromatic rings. The Balaban J connectivity index is 2.34. The zero-order valence-electron chi connectivity index (χ0n) is 10.8. The van der Waals surface area contributed by atoms with Gasteiger partial charge < -0.3 is 10.2 Å². The van der Waals surface area contributed by atoms with Gasteiger partial charge in [-0.15, -0.1) is 0 Å². The van der Waals surface area contributed by atoms with Crippen LogP contribution >= 0.6 is 0 Å². The molecule has 0 bridgehead atoms. The van der Waals surface area contributed by atoms with Crippen LogP contribution in [0.1, 0.15) is 6.42 Å². The second-order valence-electron chi connectivity index (χ2n) is 4.85. The van der Waals surface area contributed by atoms with E-state index in [-0.39, 0.29) is 18.7 Å². The van der Waals surface area contributed by atoms with E-state index in [4.69, 9.17) is 0 Å². The number of halogens is 4. The Kier molecular flexibility index (Phi) is 3.73. The maximum absolute atomic E-state index is 13.3. The van der Waals surface area contributed by atoms with E-state index in [1.807, 2.05) is 0 Å². The van der Waals surface area contributed by atoms with Crippen LogP contribution in [0.2, 0.25) is 0 Å². The highest BCUT2D eigenvalue weighted by atomic mass is 19.4. The van der Waals surface area contributed by atoms with Gasteiger partial charge in [-0.1, -0.05) is 6.07 Å². The van der Waals surface area contributed by atoms with E-state index >= 15 is 0 Å². The molecule has 1 atom stereocenters. The Morgan fingerprint density at radius 2 is 2.10 bits per heavy atom. The molecule has 1 N–H and O–H groups in total. The van der Waals surface area contributed by atoms with Crippen molar-refractivity contribution in [2.24, 2.45) is 5.41 Å². The van der Waals surface area contributed by atoms with Gasteiger partial charge >= 0.3 is 6.18 Å². The van der Waals surface area contributed by atoms with Crippen LogP contribution in [0.15, 0.2) is 24.3 Å². The van der Waals surface area contributed by atoms with Crippen LogP contribution in [-0.2, 0) is 4.79 Å². The molecule has 1 heterocycles. The van der Waals surface area contributed by atoms with Gasteiger partial charge in [-0.3, -0.25) is 4.79 Å². The number of anilines is 1. The summed E-state index contributed by atoms with van der Waals surface area (Å²) in [6.45, 7) is -0.322. The molecule has 3 nitrogen and oxygen atoms in total. The maximum Gasteiger partial charge on any atom is 0.404 e. The van der Waals surface area contributed by atoms with Crippen LogP contribution in [-0.4, -0.2) is 32.2 Å². The van der Waals surface area contributed by atoms with E-state index in [1.54, 1.807) is 0 Å². The molecule has 110 valence electrons. The molecule has 1 aliphatic rings. The Hall–Kier alpha value is -1.63. The number of carbonyl (C=O) groups is 1. The van der Waals surface area contributed by atoms with Crippen molar-refractivity contribution in [2.75, 3.05) is 25.0 Å². The van der Waals surface area contributed by atoms with Crippen molar-refractivity contribution in [3.63, 3.8) is 0 Å². The van der Waals surface area contributed by atoms with Crippen LogP contribution in [0.4, 0.5) is 23.2 Å². The number of nitrogens with one attached hydrogen (secondary N) is 1. The number of alkyl halides is 3. The minimum atomic E-state index is -4.64. The minimum absolute atomic E-state index is 0.102. The smallest absolute Gasteiger partial charge is 0.315 e. The Labute approximate surface area is 113 Å². The van der Waals surface area contributed by atoms with Crippen molar-refractivity contribution in [3.8, 4) is 0 Å². The molecule has 1 unspecified atom stereocenters. The fraction of sp³-hybridized carbons (Fsp3) is 0.462. The lowest BCUT2D eigenvalue weighted by Crippen LogP contribution is -2.52. The summed E-state index contributed by atoms with van der Waals surface area (Å²) in [6, 6.07) is 4.94. The summed E-state index contributed by atoms with van der Waals surface area (Å²) in [5, 5.41) is 2.58. The molecule has 7 heteroatoms. The number of hydrogen-bond donors (Lipinski definition) is 1. The molecule has 1 aliphatic heterocycles. The minimum Gasteiger partial charge on any atom is -0.315 e. The molecule has 0 radical (unpaired) electrons. The van der Waals surface area contributed by atoms with Crippen molar-refractivity contribution in [3.05, 3.63) is 30.1 Å². The lowest BCUT2D eigenvalue weighted by molar-refractivity contribution is -0.214. The van der Waals surface area contributed by atoms with Crippen LogP contribution in [0, 0.1) is 11.2 Å². The number of benzene rings is 1. The number of nitrogens with zero attached hydrogens (tertiary/aromatic N) is 1. The van der Waals surface area contributed by atoms with Gasteiger partial charge in [0, 0.05) is 19.3 Å². The number of carbonyl (C=O) groups excluding carboxylic acids is 1. The molecule has 20 heavy (non-hydrogen) atoms. The van der Waals surface area contributed by atoms with E-state index in [1.165, 1.54) is 25.2 Å². The summed E-state index contributed by atoms with van der Waals surface area (Å²) >= 11 is 0. The van der Waals surface area contributed by atoms with Crippen LogP contribution in [0.5, 0.6) is 0 Å². The normalized spacial score (nSPS) is 22.9. The van der Waals surface area contributed by atoms with Gasteiger partial charge in [-0.2, -0.15) is 13.2 Å². The van der Waals surface area contributed by atoms with Gasteiger partial charge in [0.05, 0.1) is 0 Å². The van der Waals surface area contributed by atoms with Crippen LogP contribution < -0.4 is 10.2 Å². The topological polar surface area (TPSA) is 32.3 Å². The first-order valence-electron chi connectivity index (χ1n) is 6.09. The summed E-state index contributed by atoms with van der Waals surface area (Å²) in [7, 11) is 1.23. The van der Waals surface area contributed by atoms with E-state index in [0.29, 0.717) is 0 Å². The third-order valence-corrected chi connectivity index (χ3v) is 3.61. The second-order valence-corrected chi connectivity index (χ2v) is 4.85. The van der Waals surface area contributed by atoms with Gasteiger partial charge in [0.25, 0.3) is 0 Å². The Morgan fingerprint density at radius 3 is 2.60 bits per heavy atom. The molecule has 0 spiro atoms. The third kappa shape index (κ3) is 2.37. The van der Waals surface area contributed by atoms with Crippen LogP contribution in [0.25, 0.3) is 0 Å². The summed E-state index contributed by atoms with van der Waals surface area (Å²) in [6.07, 6.45) is -4.95. The van der Waals surface area contributed by atoms with E-state index < -0.39 is 29.9 Å². The van der Waals surface area contributed by atoms with Crippen molar-refractivity contribution in [2.45, 2.75) is 12.6 Å². The zero-order valence-corrected chi connectivity index (χ0v) is 10.8. The van der Waals surface area contributed by atoms with E-state index in [0.717, 1.165) is 11.0 Å². The summed E-state index contributed by atoms with van der Waals surface area (Å²) in [5.74, 6) is -1.67. The average molecular weight is 290 g/mol. The molecule has 0 aliphatic carbocycles. The molecule has 1 saturated heterocycles. The predicted octanol–water partition coefficient (Wildman–Crippen LogP) is 2.33. The molecule has 1 amide bonds. The monoisotopic (exact) mass is 290 g/mol. The maximum atomic E-state index is 13.3. The number of rotatable bonds is 2. The quantitative estimate of drug-likeness (QED) is 0.848. The number of amides is 1. The lowest BCUT2D eigenvalue weighted by Gasteiger charge is -2.33. The van der Waals surface area contributed by atoms with Crippen molar-refractivity contribution in [1.29, 1.82) is 0 Å². The average Bonchev–Trinajstić information content (AvgIpc) is 2.87. The highest BCUT2D eigenvalue weighted by molar-refractivity contribution is 5.98. The first kappa shape index (κ1) is 14.8. The van der Waals surface area contributed by atoms with Crippen molar-refractivity contribution >= 4 is 11.6 Å². The molecule has 1 fully saturated rings. The van der Waals surface area contributed by atoms with E-state index in [2.05, 4.69) is 5.32 Å². The zero-order chi connectivity index (χ0) is 15.0. The summed E-state index contributed by atoms with van der Waals surface area (Å²) in [5.41, 5.74) is -2.33. The predicted molar refractivity (Wildman–Crippen MR) is 65.8 cm³/mol. The molecule has 2 rings (SSSR count). The van der Waals surface area contributed by atoms with Gasteiger partial charge in [0.15, 0.2) is 5.41 Å². The fourth-order valence-electron chi connectivity index (χ4n) is 2.36. The van der Waals surface area contributed by atoms with E-state index in [9.17, 15) is 22.4 Å². The first-order valence-corrected chi connectivity index (χ1v) is 6.09. The highest BCUT2D eigenvalue weighted by Gasteiger charge is 2.62. The van der Waals surface area contributed by atoms with Gasteiger partial charge in [-0.05, 0) is 31.2 Å². The third-order valence-electron chi connectivity index (χ3n) is 3.61.